The van der Waals surface area contributed by atoms with Crippen LogP contribution in [0.2, 0.25) is 0 Å². The Hall–Kier alpha value is -0.170. The molecule has 2 heterocycles. The van der Waals surface area contributed by atoms with E-state index in [1.165, 1.54) is 17.1 Å². The first kappa shape index (κ1) is 17.6. The highest BCUT2D eigenvalue weighted by Gasteiger charge is 2.36. The van der Waals surface area contributed by atoms with Gasteiger partial charge in [-0.1, -0.05) is 54.3 Å². The van der Waals surface area contributed by atoms with Crippen molar-refractivity contribution < 1.29 is 4.79 Å². The van der Waals surface area contributed by atoms with Crippen LogP contribution in [0.4, 0.5) is 0 Å². The van der Waals surface area contributed by atoms with E-state index >= 15 is 0 Å². The zero-order valence-corrected chi connectivity index (χ0v) is 16.5. The fraction of sp³-hybridized carbons (Fsp3) is 0.529. The first-order valence-electron chi connectivity index (χ1n) is 7.88. The minimum atomic E-state index is 0.204. The van der Waals surface area contributed by atoms with E-state index in [9.17, 15) is 4.79 Å². The molecule has 1 atom stereocenters. The summed E-state index contributed by atoms with van der Waals surface area (Å²) in [6.45, 7) is 2.26. The van der Waals surface area contributed by atoms with Gasteiger partial charge in [0.2, 0.25) is 5.91 Å². The van der Waals surface area contributed by atoms with E-state index in [-0.39, 0.29) is 16.0 Å². The Labute approximate surface area is 156 Å². The molecule has 23 heavy (non-hydrogen) atoms. The van der Waals surface area contributed by atoms with E-state index in [0.29, 0.717) is 6.42 Å². The van der Waals surface area contributed by atoms with Gasteiger partial charge in [-0.3, -0.25) is 9.69 Å². The van der Waals surface area contributed by atoms with Crippen LogP contribution in [0.15, 0.2) is 30.3 Å². The number of nitrogens with zero attached hydrogens (tertiary/aromatic N) is 1. The van der Waals surface area contributed by atoms with E-state index < -0.39 is 0 Å². The molecular weight excluding hydrogens is 362 g/mol. The molecule has 2 saturated heterocycles. The van der Waals surface area contributed by atoms with Gasteiger partial charge in [-0.25, -0.2) is 0 Å². The Bertz CT molecular complexity index is 571. The molecule has 3 rings (SSSR count). The summed E-state index contributed by atoms with van der Waals surface area (Å²) in [4.78, 5) is 14.7. The van der Waals surface area contributed by atoms with E-state index in [2.05, 4.69) is 31.2 Å². The molecule has 2 fully saturated rings. The number of carbonyl (C=O) groups is 1. The third-order valence-corrected chi connectivity index (χ3v) is 9.19. The largest absolute Gasteiger partial charge is 0.293 e. The molecule has 0 aromatic heterocycles. The topological polar surface area (TPSA) is 20.3 Å². The molecule has 0 bridgehead atoms. The van der Waals surface area contributed by atoms with Crippen LogP contribution in [0, 0.1) is 0 Å². The Morgan fingerprint density at radius 1 is 1.30 bits per heavy atom. The first-order chi connectivity index (χ1) is 11.1. The quantitative estimate of drug-likeness (QED) is 0.699. The van der Waals surface area contributed by atoms with E-state index in [1.807, 2.05) is 34.5 Å². The molecule has 0 unspecified atom stereocenters. The van der Waals surface area contributed by atoms with Crippen molar-refractivity contribution in [3.05, 3.63) is 35.9 Å². The molecule has 2 aliphatic rings. The van der Waals surface area contributed by atoms with Gasteiger partial charge in [0, 0.05) is 23.7 Å². The summed E-state index contributed by atoms with van der Waals surface area (Å²) in [5.41, 5.74) is 1.27. The average molecular weight is 384 g/mol. The molecule has 0 radical (unpaired) electrons. The number of amides is 1. The number of rotatable bonds is 5. The minimum absolute atomic E-state index is 0.204. The molecule has 124 valence electrons. The number of hydrogen-bond donors (Lipinski definition) is 0. The lowest BCUT2D eigenvalue weighted by Crippen LogP contribution is -2.40. The molecule has 1 aromatic carbocycles. The third-order valence-electron chi connectivity index (χ3n) is 4.23. The van der Waals surface area contributed by atoms with Gasteiger partial charge in [-0.05, 0) is 25.3 Å². The van der Waals surface area contributed by atoms with Crippen LogP contribution < -0.4 is 0 Å². The van der Waals surface area contributed by atoms with Crippen LogP contribution in [-0.2, 0) is 11.2 Å². The molecule has 2 aliphatic heterocycles. The number of carbonyl (C=O) groups excluding carboxylic acids is 1. The van der Waals surface area contributed by atoms with Gasteiger partial charge in [-0.15, -0.1) is 23.5 Å². The van der Waals surface area contributed by atoms with E-state index in [0.717, 1.165) is 22.9 Å². The van der Waals surface area contributed by atoms with Gasteiger partial charge in [-0.2, -0.15) is 0 Å². The number of thiocarbonyl (C=S) groups is 1. The van der Waals surface area contributed by atoms with Crippen molar-refractivity contribution in [3.63, 3.8) is 0 Å². The molecule has 0 aliphatic carbocycles. The van der Waals surface area contributed by atoms with Gasteiger partial charge < -0.3 is 0 Å². The maximum Gasteiger partial charge on any atom is 0.228 e. The normalized spacial score (nSPS) is 23.4. The maximum atomic E-state index is 12.8. The summed E-state index contributed by atoms with van der Waals surface area (Å²) in [5, 5.41) is 0. The van der Waals surface area contributed by atoms with Crippen molar-refractivity contribution in [2.24, 2.45) is 0 Å². The highest BCUT2D eigenvalue weighted by Crippen LogP contribution is 2.46. The highest BCUT2D eigenvalue weighted by atomic mass is 32.2. The molecule has 0 spiro atoms. The number of hydrogen-bond acceptors (Lipinski definition) is 5. The number of benzene rings is 1. The van der Waals surface area contributed by atoms with Gasteiger partial charge in [0.25, 0.3) is 0 Å². The van der Waals surface area contributed by atoms with E-state index in [1.54, 1.807) is 11.8 Å². The van der Waals surface area contributed by atoms with Crippen molar-refractivity contribution in [1.29, 1.82) is 0 Å². The van der Waals surface area contributed by atoms with Crippen LogP contribution in [0.5, 0.6) is 0 Å². The maximum absolute atomic E-state index is 12.8. The lowest BCUT2D eigenvalue weighted by Gasteiger charge is -2.26. The first-order valence-corrected chi connectivity index (χ1v) is 11.2. The molecule has 1 aromatic rings. The van der Waals surface area contributed by atoms with Crippen LogP contribution in [0.3, 0.4) is 0 Å². The second kappa shape index (κ2) is 7.81. The van der Waals surface area contributed by atoms with Crippen molar-refractivity contribution in [2.45, 2.75) is 36.3 Å². The summed E-state index contributed by atoms with van der Waals surface area (Å²) in [6.07, 6.45) is 2.42. The summed E-state index contributed by atoms with van der Waals surface area (Å²) < 4.78 is 0.965. The zero-order valence-electron chi connectivity index (χ0n) is 13.2. The highest BCUT2D eigenvalue weighted by molar-refractivity contribution is 8.23. The van der Waals surface area contributed by atoms with Crippen molar-refractivity contribution in [1.82, 2.24) is 4.90 Å². The fourth-order valence-electron chi connectivity index (χ4n) is 2.96. The lowest BCUT2D eigenvalue weighted by molar-refractivity contribution is -0.128. The minimum Gasteiger partial charge on any atom is -0.293 e. The SMILES string of the molecule is CC1(CCC(=O)N2C(=S)SC[C@@H]2Cc2ccccc2)SCCS1. The van der Waals surface area contributed by atoms with Crippen LogP contribution >= 0.6 is 47.5 Å². The molecule has 0 N–H and O–H groups in total. The van der Waals surface area contributed by atoms with Crippen molar-refractivity contribution in [2.75, 3.05) is 17.3 Å². The van der Waals surface area contributed by atoms with Crippen LogP contribution in [-0.4, -0.2) is 42.5 Å². The van der Waals surface area contributed by atoms with Crippen molar-refractivity contribution >= 4 is 57.7 Å². The molecule has 0 saturated carbocycles. The second-order valence-electron chi connectivity index (χ2n) is 6.01. The molecule has 6 heteroatoms. The number of thioether (sulfide) groups is 3. The molecule has 2 nitrogen and oxygen atoms in total. The Morgan fingerprint density at radius 2 is 2.00 bits per heavy atom. The van der Waals surface area contributed by atoms with Gasteiger partial charge in [0.1, 0.15) is 4.32 Å². The average Bonchev–Trinajstić information content (AvgIpc) is 3.13. The van der Waals surface area contributed by atoms with Crippen molar-refractivity contribution in [3.8, 4) is 0 Å². The summed E-state index contributed by atoms with van der Waals surface area (Å²) in [6, 6.07) is 10.6. The van der Waals surface area contributed by atoms with E-state index in [4.69, 9.17) is 12.2 Å². The van der Waals surface area contributed by atoms with Crippen LogP contribution in [0.25, 0.3) is 0 Å². The molecule has 1 amide bonds. The molecular formula is C17H21NOS4. The predicted molar refractivity (Wildman–Crippen MR) is 108 cm³/mol. The fourth-order valence-corrected chi connectivity index (χ4v) is 7.26. The standard InChI is InChI=1S/C17H21NOS4/c1-17(22-9-10-23-17)8-7-15(19)18-14(12-21-16(18)20)11-13-5-3-2-4-6-13/h2-6,14H,7-12H2,1H3/t14-/m0/s1. The summed E-state index contributed by atoms with van der Waals surface area (Å²) >= 11 is 11.1. The van der Waals surface area contributed by atoms with Crippen LogP contribution in [0.1, 0.15) is 25.3 Å². The van der Waals surface area contributed by atoms with Gasteiger partial charge in [0.05, 0.1) is 10.1 Å². The Kier molecular flexibility index (Phi) is 5.99. The monoisotopic (exact) mass is 383 g/mol. The Balaban J connectivity index is 1.61. The Morgan fingerprint density at radius 3 is 2.70 bits per heavy atom. The predicted octanol–water partition coefficient (Wildman–Crippen LogP) is 4.43. The second-order valence-corrected chi connectivity index (χ2v) is 11.1. The van der Waals surface area contributed by atoms with Gasteiger partial charge in [0.15, 0.2) is 0 Å². The summed E-state index contributed by atoms with van der Waals surface area (Å²) in [7, 11) is 0. The summed E-state index contributed by atoms with van der Waals surface area (Å²) in [5.74, 6) is 3.52. The van der Waals surface area contributed by atoms with Gasteiger partial charge >= 0.3 is 0 Å². The zero-order chi connectivity index (χ0) is 16.3. The smallest absolute Gasteiger partial charge is 0.228 e. The third kappa shape index (κ3) is 4.47. The lowest BCUT2D eigenvalue weighted by atomic mass is 10.1.